The SMILES string of the molecule is CCC(C)c1ccc(NC(=S)NCc2ccc(C(=O)O)cc2)cc1. The maximum Gasteiger partial charge on any atom is 0.335 e. The highest BCUT2D eigenvalue weighted by Gasteiger charge is 2.04. The zero-order chi connectivity index (χ0) is 17.5. The standard InChI is InChI=1S/C19H22N2O2S/c1-3-13(2)15-8-10-17(11-9-15)21-19(24)20-12-14-4-6-16(7-5-14)18(22)23/h4-11,13H,3,12H2,1-2H3,(H,22,23)(H2,20,21,24). The van der Waals surface area contributed by atoms with E-state index in [1.54, 1.807) is 24.3 Å². The van der Waals surface area contributed by atoms with Crippen molar-refractivity contribution in [1.82, 2.24) is 5.32 Å². The smallest absolute Gasteiger partial charge is 0.335 e. The molecule has 2 aromatic rings. The molecule has 0 fully saturated rings. The summed E-state index contributed by atoms with van der Waals surface area (Å²) in [6.45, 7) is 4.93. The van der Waals surface area contributed by atoms with Crippen molar-refractivity contribution in [1.29, 1.82) is 0 Å². The zero-order valence-corrected chi connectivity index (χ0v) is 14.7. The number of hydrogen-bond donors (Lipinski definition) is 3. The van der Waals surface area contributed by atoms with E-state index < -0.39 is 5.97 Å². The fraction of sp³-hybridized carbons (Fsp3) is 0.263. The van der Waals surface area contributed by atoms with Crippen LogP contribution >= 0.6 is 12.2 Å². The van der Waals surface area contributed by atoms with Crippen LogP contribution in [0.3, 0.4) is 0 Å². The molecule has 0 heterocycles. The van der Waals surface area contributed by atoms with Gasteiger partial charge < -0.3 is 15.7 Å². The van der Waals surface area contributed by atoms with Gasteiger partial charge in [0.05, 0.1) is 5.56 Å². The molecule has 0 aliphatic carbocycles. The maximum atomic E-state index is 10.8. The van der Waals surface area contributed by atoms with E-state index >= 15 is 0 Å². The number of anilines is 1. The van der Waals surface area contributed by atoms with Crippen molar-refractivity contribution in [3.63, 3.8) is 0 Å². The predicted molar refractivity (Wildman–Crippen MR) is 102 cm³/mol. The second-order valence-electron chi connectivity index (χ2n) is 5.74. The minimum Gasteiger partial charge on any atom is -0.478 e. The number of benzene rings is 2. The topological polar surface area (TPSA) is 61.4 Å². The van der Waals surface area contributed by atoms with Gasteiger partial charge in [-0.1, -0.05) is 38.1 Å². The van der Waals surface area contributed by atoms with Crippen LogP contribution in [0, 0.1) is 0 Å². The third-order valence-electron chi connectivity index (χ3n) is 4.00. The number of carboxylic acids is 1. The van der Waals surface area contributed by atoms with E-state index in [-0.39, 0.29) is 5.56 Å². The summed E-state index contributed by atoms with van der Waals surface area (Å²) in [4.78, 5) is 10.8. The number of aromatic carboxylic acids is 1. The third-order valence-corrected chi connectivity index (χ3v) is 4.25. The molecule has 2 rings (SSSR count). The van der Waals surface area contributed by atoms with E-state index in [2.05, 4.69) is 36.6 Å². The molecule has 24 heavy (non-hydrogen) atoms. The Morgan fingerprint density at radius 2 is 1.75 bits per heavy atom. The summed E-state index contributed by atoms with van der Waals surface area (Å²) in [7, 11) is 0. The van der Waals surface area contributed by atoms with Crippen LogP contribution in [-0.2, 0) is 6.54 Å². The number of rotatable bonds is 6. The number of nitrogens with one attached hydrogen (secondary N) is 2. The summed E-state index contributed by atoms with van der Waals surface area (Å²) in [5.74, 6) is -0.370. The minimum atomic E-state index is -0.924. The Balaban J connectivity index is 1.85. The number of hydrogen-bond acceptors (Lipinski definition) is 2. The Bertz CT molecular complexity index is 696. The first-order chi connectivity index (χ1) is 11.5. The number of thiocarbonyl (C=S) groups is 1. The lowest BCUT2D eigenvalue weighted by atomic mass is 9.99. The molecule has 126 valence electrons. The predicted octanol–water partition coefficient (Wildman–Crippen LogP) is 4.38. The van der Waals surface area contributed by atoms with Gasteiger partial charge >= 0.3 is 5.97 Å². The van der Waals surface area contributed by atoms with Crippen LogP contribution in [0.15, 0.2) is 48.5 Å². The van der Waals surface area contributed by atoms with Crippen molar-refractivity contribution >= 4 is 29.0 Å². The Kier molecular flexibility index (Phi) is 6.32. The molecule has 0 radical (unpaired) electrons. The summed E-state index contributed by atoms with van der Waals surface area (Å²) in [6.07, 6.45) is 1.12. The van der Waals surface area contributed by atoms with Crippen LogP contribution in [0.1, 0.15) is 47.7 Å². The Morgan fingerprint density at radius 3 is 2.29 bits per heavy atom. The molecule has 3 N–H and O–H groups in total. The lowest BCUT2D eigenvalue weighted by molar-refractivity contribution is 0.0697. The summed E-state index contributed by atoms with van der Waals surface area (Å²) in [5.41, 5.74) is 3.51. The molecule has 0 aliphatic rings. The average molecular weight is 342 g/mol. The van der Waals surface area contributed by atoms with Crippen LogP contribution in [0.5, 0.6) is 0 Å². The van der Waals surface area contributed by atoms with Gasteiger partial charge in [0, 0.05) is 12.2 Å². The first-order valence-electron chi connectivity index (χ1n) is 7.96. The molecule has 2 aromatic carbocycles. The van der Waals surface area contributed by atoms with Crippen LogP contribution < -0.4 is 10.6 Å². The molecular weight excluding hydrogens is 320 g/mol. The molecule has 0 saturated heterocycles. The summed E-state index contributed by atoms with van der Waals surface area (Å²) >= 11 is 5.29. The van der Waals surface area contributed by atoms with Crippen molar-refractivity contribution in [3.8, 4) is 0 Å². The van der Waals surface area contributed by atoms with Crippen molar-refractivity contribution in [2.75, 3.05) is 5.32 Å². The molecule has 1 atom stereocenters. The molecule has 0 spiro atoms. The Morgan fingerprint density at radius 1 is 1.12 bits per heavy atom. The van der Waals surface area contributed by atoms with Gasteiger partial charge in [-0.05, 0) is 59.9 Å². The van der Waals surface area contributed by atoms with Crippen molar-refractivity contribution in [2.45, 2.75) is 32.7 Å². The fourth-order valence-electron chi connectivity index (χ4n) is 2.25. The Hall–Kier alpha value is -2.40. The van der Waals surface area contributed by atoms with Gasteiger partial charge in [-0.25, -0.2) is 4.79 Å². The van der Waals surface area contributed by atoms with Gasteiger partial charge in [0.25, 0.3) is 0 Å². The van der Waals surface area contributed by atoms with Gasteiger partial charge in [-0.15, -0.1) is 0 Å². The highest BCUT2D eigenvalue weighted by atomic mass is 32.1. The molecule has 5 heteroatoms. The molecule has 0 saturated carbocycles. The van der Waals surface area contributed by atoms with Crippen LogP contribution in [-0.4, -0.2) is 16.2 Å². The monoisotopic (exact) mass is 342 g/mol. The van der Waals surface area contributed by atoms with Crippen molar-refractivity contribution in [3.05, 3.63) is 65.2 Å². The van der Waals surface area contributed by atoms with Gasteiger partial charge in [0.2, 0.25) is 0 Å². The lowest BCUT2D eigenvalue weighted by Gasteiger charge is -2.13. The van der Waals surface area contributed by atoms with E-state index in [1.807, 2.05) is 12.1 Å². The number of carboxylic acid groups (broad SMARTS) is 1. The highest BCUT2D eigenvalue weighted by molar-refractivity contribution is 7.80. The average Bonchev–Trinajstić information content (AvgIpc) is 2.60. The molecule has 4 nitrogen and oxygen atoms in total. The normalized spacial score (nSPS) is 11.6. The van der Waals surface area contributed by atoms with E-state index in [0.29, 0.717) is 17.6 Å². The molecule has 0 amide bonds. The lowest BCUT2D eigenvalue weighted by Crippen LogP contribution is -2.27. The van der Waals surface area contributed by atoms with E-state index in [4.69, 9.17) is 17.3 Å². The van der Waals surface area contributed by atoms with E-state index in [1.165, 1.54) is 5.56 Å². The van der Waals surface area contributed by atoms with E-state index in [9.17, 15) is 4.79 Å². The summed E-state index contributed by atoms with van der Waals surface area (Å²) < 4.78 is 0. The van der Waals surface area contributed by atoms with Crippen LogP contribution in [0.2, 0.25) is 0 Å². The first kappa shape index (κ1) is 17.9. The fourth-order valence-corrected chi connectivity index (χ4v) is 2.44. The number of carbonyl (C=O) groups is 1. The molecular formula is C19H22N2O2S. The second-order valence-corrected chi connectivity index (χ2v) is 6.15. The van der Waals surface area contributed by atoms with Crippen LogP contribution in [0.4, 0.5) is 5.69 Å². The Labute approximate surface area is 147 Å². The third kappa shape index (κ3) is 5.06. The largest absolute Gasteiger partial charge is 0.478 e. The van der Waals surface area contributed by atoms with Gasteiger partial charge in [0.15, 0.2) is 5.11 Å². The van der Waals surface area contributed by atoms with Gasteiger partial charge in [-0.3, -0.25) is 0 Å². The van der Waals surface area contributed by atoms with Gasteiger partial charge in [0.1, 0.15) is 0 Å². The van der Waals surface area contributed by atoms with Gasteiger partial charge in [-0.2, -0.15) is 0 Å². The quantitative estimate of drug-likeness (QED) is 0.680. The maximum absolute atomic E-state index is 10.8. The molecule has 1 unspecified atom stereocenters. The van der Waals surface area contributed by atoms with Crippen molar-refractivity contribution < 1.29 is 9.90 Å². The van der Waals surface area contributed by atoms with Crippen LogP contribution in [0.25, 0.3) is 0 Å². The minimum absolute atomic E-state index is 0.279. The molecule has 0 bridgehead atoms. The van der Waals surface area contributed by atoms with E-state index in [0.717, 1.165) is 17.7 Å². The highest BCUT2D eigenvalue weighted by Crippen LogP contribution is 2.20. The molecule has 0 aromatic heterocycles. The summed E-state index contributed by atoms with van der Waals surface area (Å²) in [5, 5.41) is 15.7. The summed E-state index contributed by atoms with van der Waals surface area (Å²) in [6, 6.07) is 15.0. The van der Waals surface area contributed by atoms with Crippen molar-refractivity contribution in [2.24, 2.45) is 0 Å². The first-order valence-corrected chi connectivity index (χ1v) is 8.37. The molecule has 0 aliphatic heterocycles. The zero-order valence-electron chi connectivity index (χ0n) is 13.9. The second kappa shape index (κ2) is 8.45.